The molecule has 0 radical (unpaired) electrons. The van der Waals surface area contributed by atoms with Crippen LogP contribution >= 0.6 is 11.6 Å². The van der Waals surface area contributed by atoms with E-state index in [9.17, 15) is 9.18 Å². The summed E-state index contributed by atoms with van der Waals surface area (Å²) in [6.45, 7) is 2.78. The van der Waals surface area contributed by atoms with E-state index in [0.717, 1.165) is 43.1 Å². The molecule has 1 heterocycles. The van der Waals surface area contributed by atoms with E-state index in [2.05, 4.69) is 10.2 Å². The van der Waals surface area contributed by atoms with Crippen LogP contribution in [0.1, 0.15) is 24.0 Å². The maximum Gasteiger partial charge on any atom is 0.223 e. The first kappa shape index (κ1) is 17.9. The van der Waals surface area contributed by atoms with Crippen molar-refractivity contribution in [3.05, 3.63) is 70.5 Å². The van der Waals surface area contributed by atoms with Crippen molar-refractivity contribution in [2.75, 3.05) is 13.1 Å². The molecule has 5 heteroatoms. The van der Waals surface area contributed by atoms with Gasteiger partial charge in [-0.3, -0.25) is 9.69 Å². The van der Waals surface area contributed by atoms with Gasteiger partial charge < -0.3 is 5.32 Å². The van der Waals surface area contributed by atoms with Crippen LogP contribution in [0.25, 0.3) is 0 Å². The number of halogens is 2. The zero-order valence-electron chi connectivity index (χ0n) is 14.1. The standard InChI is InChI=1S/C20H22ClFN2O/c21-18-7-3-1-6-17(18)14-24-11-9-15(10-12-24)20(25)23-13-16-5-2-4-8-19(16)22/h1-8,15H,9-14H2,(H,23,25). The van der Waals surface area contributed by atoms with Crippen LogP contribution in [0.4, 0.5) is 4.39 Å². The maximum absolute atomic E-state index is 13.6. The minimum Gasteiger partial charge on any atom is -0.352 e. The summed E-state index contributed by atoms with van der Waals surface area (Å²) in [5.41, 5.74) is 1.64. The number of likely N-dealkylation sites (tertiary alicyclic amines) is 1. The van der Waals surface area contributed by atoms with Crippen LogP contribution in [0.5, 0.6) is 0 Å². The third-order valence-electron chi connectivity index (χ3n) is 4.72. The summed E-state index contributed by atoms with van der Waals surface area (Å²) < 4.78 is 13.6. The Balaban J connectivity index is 1.46. The lowest BCUT2D eigenvalue weighted by molar-refractivity contribution is -0.126. The molecule has 0 aromatic heterocycles. The highest BCUT2D eigenvalue weighted by atomic mass is 35.5. The van der Waals surface area contributed by atoms with Gasteiger partial charge in [0, 0.05) is 29.6 Å². The van der Waals surface area contributed by atoms with E-state index in [1.807, 2.05) is 24.3 Å². The number of amides is 1. The van der Waals surface area contributed by atoms with Crippen molar-refractivity contribution in [1.82, 2.24) is 10.2 Å². The highest BCUT2D eigenvalue weighted by molar-refractivity contribution is 6.31. The highest BCUT2D eigenvalue weighted by Gasteiger charge is 2.25. The summed E-state index contributed by atoms with van der Waals surface area (Å²) in [4.78, 5) is 14.6. The van der Waals surface area contributed by atoms with Gasteiger partial charge in [0.15, 0.2) is 0 Å². The predicted octanol–water partition coefficient (Wildman–Crippen LogP) is 4.01. The number of rotatable bonds is 5. The molecular formula is C20H22ClFN2O. The molecule has 0 bridgehead atoms. The maximum atomic E-state index is 13.6. The van der Waals surface area contributed by atoms with Crippen LogP contribution < -0.4 is 5.32 Å². The van der Waals surface area contributed by atoms with Crippen LogP contribution in [0.2, 0.25) is 5.02 Å². The van der Waals surface area contributed by atoms with Gasteiger partial charge in [-0.2, -0.15) is 0 Å². The van der Waals surface area contributed by atoms with E-state index in [1.165, 1.54) is 6.07 Å². The smallest absolute Gasteiger partial charge is 0.223 e. The summed E-state index contributed by atoms with van der Waals surface area (Å²) >= 11 is 6.21. The van der Waals surface area contributed by atoms with Crippen LogP contribution in [0.3, 0.4) is 0 Å². The highest BCUT2D eigenvalue weighted by Crippen LogP contribution is 2.22. The molecule has 2 aromatic carbocycles. The Labute approximate surface area is 152 Å². The third-order valence-corrected chi connectivity index (χ3v) is 5.09. The van der Waals surface area contributed by atoms with E-state index in [0.29, 0.717) is 5.56 Å². The first-order chi connectivity index (χ1) is 12.1. The number of benzene rings is 2. The quantitative estimate of drug-likeness (QED) is 0.873. The summed E-state index contributed by atoms with van der Waals surface area (Å²) in [6, 6.07) is 14.4. The molecule has 1 amide bonds. The molecule has 0 aliphatic carbocycles. The third kappa shape index (κ3) is 4.80. The van der Waals surface area contributed by atoms with Gasteiger partial charge >= 0.3 is 0 Å². The van der Waals surface area contributed by atoms with Crippen molar-refractivity contribution in [3.8, 4) is 0 Å². The second-order valence-corrected chi connectivity index (χ2v) is 6.86. The van der Waals surface area contributed by atoms with Gasteiger partial charge in [0.05, 0.1) is 0 Å². The molecule has 1 aliphatic rings. The Morgan fingerprint density at radius 2 is 1.72 bits per heavy atom. The Bertz CT molecular complexity index is 729. The zero-order valence-corrected chi connectivity index (χ0v) is 14.8. The largest absolute Gasteiger partial charge is 0.352 e. The number of nitrogens with one attached hydrogen (secondary N) is 1. The van der Waals surface area contributed by atoms with Gasteiger partial charge in [-0.15, -0.1) is 0 Å². The summed E-state index contributed by atoms with van der Waals surface area (Å²) in [5, 5.41) is 3.65. The molecule has 132 valence electrons. The van der Waals surface area contributed by atoms with Gasteiger partial charge in [-0.05, 0) is 43.6 Å². The first-order valence-corrected chi connectivity index (χ1v) is 8.98. The second-order valence-electron chi connectivity index (χ2n) is 6.45. The molecule has 1 N–H and O–H groups in total. The predicted molar refractivity (Wildman–Crippen MR) is 97.7 cm³/mol. The Morgan fingerprint density at radius 1 is 1.08 bits per heavy atom. The van der Waals surface area contributed by atoms with Crippen LogP contribution in [-0.2, 0) is 17.9 Å². The topological polar surface area (TPSA) is 32.3 Å². The van der Waals surface area contributed by atoms with E-state index in [-0.39, 0.29) is 24.2 Å². The molecule has 1 saturated heterocycles. The summed E-state index contributed by atoms with van der Waals surface area (Å²) in [5.74, 6) is -0.271. The van der Waals surface area contributed by atoms with E-state index in [4.69, 9.17) is 11.6 Å². The molecule has 1 fully saturated rings. The summed E-state index contributed by atoms with van der Waals surface area (Å²) in [6.07, 6.45) is 1.63. The van der Waals surface area contributed by atoms with Crippen molar-refractivity contribution in [2.45, 2.75) is 25.9 Å². The van der Waals surface area contributed by atoms with Crippen molar-refractivity contribution in [2.24, 2.45) is 5.92 Å². The normalized spacial score (nSPS) is 15.9. The fourth-order valence-electron chi connectivity index (χ4n) is 3.19. The van der Waals surface area contributed by atoms with E-state index in [1.54, 1.807) is 18.2 Å². The first-order valence-electron chi connectivity index (χ1n) is 8.60. The molecule has 0 saturated carbocycles. The minimum absolute atomic E-state index is 0.00531. The van der Waals surface area contributed by atoms with Crippen molar-refractivity contribution < 1.29 is 9.18 Å². The van der Waals surface area contributed by atoms with Crippen LogP contribution in [0.15, 0.2) is 48.5 Å². The fraction of sp³-hybridized carbons (Fsp3) is 0.350. The van der Waals surface area contributed by atoms with E-state index >= 15 is 0 Å². The van der Waals surface area contributed by atoms with Crippen molar-refractivity contribution in [3.63, 3.8) is 0 Å². The number of nitrogens with zero attached hydrogens (tertiary/aromatic N) is 1. The Kier molecular flexibility index (Phi) is 6.05. The molecule has 0 unspecified atom stereocenters. The van der Waals surface area contributed by atoms with Gasteiger partial charge in [-0.1, -0.05) is 48.0 Å². The number of hydrogen-bond acceptors (Lipinski definition) is 2. The lowest BCUT2D eigenvalue weighted by Crippen LogP contribution is -2.40. The van der Waals surface area contributed by atoms with Crippen LogP contribution in [-0.4, -0.2) is 23.9 Å². The van der Waals surface area contributed by atoms with E-state index < -0.39 is 0 Å². The lowest BCUT2D eigenvalue weighted by Gasteiger charge is -2.31. The molecule has 2 aromatic rings. The molecule has 0 atom stereocenters. The molecular weight excluding hydrogens is 339 g/mol. The molecule has 1 aliphatic heterocycles. The van der Waals surface area contributed by atoms with Gasteiger partial charge in [-0.25, -0.2) is 4.39 Å². The molecule has 25 heavy (non-hydrogen) atoms. The van der Waals surface area contributed by atoms with Gasteiger partial charge in [0.1, 0.15) is 5.82 Å². The average Bonchev–Trinajstić information content (AvgIpc) is 2.63. The van der Waals surface area contributed by atoms with Gasteiger partial charge in [0.25, 0.3) is 0 Å². The van der Waals surface area contributed by atoms with Crippen LogP contribution in [0, 0.1) is 11.7 Å². The van der Waals surface area contributed by atoms with Gasteiger partial charge in [0.2, 0.25) is 5.91 Å². The average molecular weight is 361 g/mol. The van der Waals surface area contributed by atoms with Crippen molar-refractivity contribution >= 4 is 17.5 Å². The Morgan fingerprint density at radius 3 is 2.40 bits per heavy atom. The SMILES string of the molecule is O=C(NCc1ccccc1F)C1CCN(Cc2ccccc2Cl)CC1. The Hall–Kier alpha value is -1.91. The number of carbonyl (C=O) groups is 1. The molecule has 3 nitrogen and oxygen atoms in total. The summed E-state index contributed by atoms with van der Waals surface area (Å²) in [7, 11) is 0. The monoisotopic (exact) mass is 360 g/mol. The van der Waals surface area contributed by atoms with Crippen molar-refractivity contribution in [1.29, 1.82) is 0 Å². The second kappa shape index (κ2) is 8.45. The zero-order chi connectivity index (χ0) is 17.6. The number of carbonyl (C=O) groups excluding carboxylic acids is 1. The number of hydrogen-bond donors (Lipinski definition) is 1. The molecule has 3 rings (SSSR count). The minimum atomic E-state index is -0.280. The lowest BCUT2D eigenvalue weighted by atomic mass is 9.95. The molecule has 0 spiro atoms. The number of piperidine rings is 1. The fourth-order valence-corrected chi connectivity index (χ4v) is 3.38.